The zero-order chi connectivity index (χ0) is 35.6. The van der Waals surface area contributed by atoms with Crippen molar-refractivity contribution in [2.24, 2.45) is 0 Å². The molecule has 11 aromatic rings. The fourth-order valence-electron chi connectivity index (χ4n) is 8.42. The average molecular weight is 704 g/mol. The van der Waals surface area contributed by atoms with Crippen LogP contribution in [-0.4, -0.2) is 0 Å². The van der Waals surface area contributed by atoms with Gasteiger partial charge < -0.3 is 4.90 Å². The minimum absolute atomic E-state index is 1.12. The van der Waals surface area contributed by atoms with E-state index in [1.54, 1.807) is 0 Å². The third kappa shape index (κ3) is 4.99. The van der Waals surface area contributed by atoms with E-state index in [9.17, 15) is 0 Å². The highest BCUT2D eigenvalue weighted by molar-refractivity contribution is 7.26. The van der Waals surface area contributed by atoms with Gasteiger partial charge in [-0.3, -0.25) is 0 Å². The van der Waals surface area contributed by atoms with Crippen LogP contribution in [0.3, 0.4) is 0 Å². The maximum Gasteiger partial charge on any atom is 0.0468 e. The van der Waals surface area contributed by atoms with Crippen LogP contribution in [-0.2, 0) is 0 Å². The second-order valence-corrected chi connectivity index (χ2v) is 15.1. The molecule has 10 aromatic carbocycles. The normalized spacial score (nSPS) is 11.7. The van der Waals surface area contributed by atoms with Crippen LogP contribution >= 0.6 is 11.3 Å². The van der Waals surface area contributed by atoms with E-state index < -0.39 is 0 Å². The molecule has 0 aliphatic heterocycles. The predicted molar refractivity (Wildman–Crippen MR) is 235 cm³/mol. The van der Waals surface area contributed by atoms with Crippen molar-refractivity contribution in [2.75, 3.05) is 4.90 Å². The highest BCUT2D eigenvalue weighted by atomic mass is 32.1. The monoisotopic (exact) mass is 703 g/mol. The second-order valence-electron chi connectivity index (χ2n) is 14.1. The zero-order valence-electron chi connectivity index (χ0n) is 29.4. The van der Waals surface area contributed by atoms with Gasteiger partial charge in [0.15, 0.2) is 0 Å². The Morgan fingerprint density at radius 2 is 0.870 bits per heavy atom. The SMILES string of the molecule is c1ccc(-c2ccc(N(c3ccc(-c4cc5ccc6ccccc6c5c5ccccc45)cc3)c3ccc4ccc5c6ccccc6sc5c4c3)cc2)cc1. The van der Waals surface area contributed by atoms with E-state index in [-0.39, 0.29) is 0 Å². The third-order valence-electron chi connectivity index (χ3n) is 11.0. The molecule has 2 heteroatoms. The molecule has 0 radical (unpaired) electrons. The Balaban J connectivity index is 1.07. The summed E-state index contributed by atoms with van der Waals surface area (Å²) in [6.07, 6.45) is 0. The van der Waals surface area contributed by atoms with Crippen molar-refractivity contribution in [3.05, 3.63) is 200 Å². The van der Waals surface area contributed by atoms with Crippen LogP contribution in [0, 0.1) is 0 Å². The number of benzene rings is 10. The topological polar surface area (TPSA) is 3.24 Å². The number of anilines is 3. The highest BCUT2D eigenvalue weighted by Gasteiger charge is 2.17. The lowest BCUT2D eigenvalue weighted by molar-refractivity contribution is 1.29. The summed E-state index contributed by atoms with van der Waals surface area (Å²) in [5.74, 6) is 0. The van der Waals surface area contributed by atoms with Gasteiger partial charge in [0, 0.05) is 42.6 Å². The van der Waals surface area contributed by atoms with Gasteiger partial charge in [-0.2, -0.15) is 0 Å². The number of rotatable bonds is 5. The molecule has 1 nitrogen and oxygen atoms in total. The molecule has 252 valence electrons. The second kappa shape index (κ2) is 12.4. The van der Waals surface area contributed by atoms with Gasteiger partial charge in [-0.15, -0.1) is 11.3 Å². The van der Waals surface area contributed by atoms with Crippen molar-refractivity contribution < 1.29 is 0 Å². The Bertz CT molecular complexity index is 3190. The van der Waals surface area contributed by atoms with Crippen molar-refractivity contribution in [2.45, 2.75) is 0 Å². The van der Waals surface area contributed by atoms with E-state index in [1.165, 1.54) is 85.5 Å². The first kappa shape index (κ1) is 30.8. The largest absolute Gasteiger partial charge is 0.310 e. The lowest BCUT2D eigenvalue weighted by Gasteiger charge is -2.26. The summed E-state index contributed by atoms with van der Waals surface area (Å²) in [5, 5.41) is 12.9. The number of hydrogen-bond donors (Lipinski definition) is 0. The molecule has 0 aliphatic carbocycles. The first-order valence-corrected chi connectivity index (χ1v) is 19.3. The summed E-state index contributed by atoms with van der Waals surface area (Å²) in [7, 11) is 0. The number of hydrogen-bond acceptors (Lipinski definition) is 2. The molecule has 0 aliphatic rings. The Labute approximate surface area is 317 Å². The predicted octanol–water partition coefficient (Wildman–Crippen LogP) is 15.5. The first-order chi connectivity index (χ1) is 26.8. The molecular weight excluding hydrogens is 671 g/mol. The molecule has 0 fully saturated rings. The van der Waals surface area contributed by atoms with Gasteiger partial charge in [0.1, 0.15) is 0 Å². The molecule has 1 heterocycles. The van der Waals surface area contributed by atoms with E-state index in [0.29, 0.717) is 0 Å². The number of fused-ring (bicyclic) bond motifs is 10. The van der Waals surface area contributed by atoms with E-state index in [0.717, 1.165) is 17.1 Å². The molecule has 0 atom stereocenters. The van der Waals surface area contributed by atoms with Gasteiger partial charge in [-0.1, -0.05) is 152 Å². The maximum absolute atomic E-state index is 2.40. The Morgan fingerprint density at radius 3 is 1.67 bits per heavy atom. The van der Waals surface area contributed by atoms with Crippen LogP contribution < -0.4 is 4.90 Å². The van der Waals surface area contributed by atoms with Gasteiger partial charge in [-0.25, -0.2) is 0 Å². The standard InChI is InChI=1S/C52H33NS/c1-2-10-34(11-3-1)35-20-26-40(27-21-35)53(42-30-24-38-25-31-47-45-15-8-9-17-50(45)54-52(47)49(38)33-42)41-28-22-37(23-29-41)48-32-39-19-18-36-12-4-5-13-43(36)51(39)46-16-7-6-14-44(46)48/h1-33H. The van der Waals surface area contributed by atoms with Crippen LogP contribution in [0.15, 0.2) is 200 Å². The summed E-state index contributed by atoms with van der Waals surface area (Å²) in [4.78, 5) is 2.40. The molecule has 11 rings (SSSR count). The van der Waals surface area contributed by atoms with Crippen molar-refractivity contribution in [3.8, 4) is 22.3 Å². The molecule has 54 heavy (non-hydrogen) atoms. The maximum atomic E-state index is 2.40. The van der Waals surface area contributed by atoms with Crippen molar-refractivity contribution in [1.29, 1.82) is 0 Å². The van der Waals surface area contributed by atoms with Crippen molar-refractivity contribution in [3.63, 3.8) is 0 Å². The highest BCUT2D eigenvalue weighted by Crippen LogP contribution is 2.44. The summed E-state index contributed by atoms with van der Waals surface area (Å²) in [5.41, 5.74) is 8.24. The van der Waals surface area contributed by atoms with E-state index in [1.807, 2.05) is 11.3 Å². The van der Waals surface area contributed by atoms with E-state index >= 15 is 0 Å². The molecule has 0 amide bonds. The van der Waals surface area contributed by atoms with Gasteiger partial charge in [0.2, 0.25) is 0 Å². The van der Waals surface area contributed by atoms with Crippen molar-refractivity contribution >= 4 is 91.7 Å². The van der Waals surface area contributed by atoms with Crippen LogP contribution in [0.5, 0.6) is 0 Å². The summed E-state index contributed by atoms with van der Waals surface area (Å²) < 4.78 is 2.66. The smallest absolute Gasteiger partial charge is 0.0468 e. The van der Waals surface area contributed by atoms with Gasteiger partial charge >= 0.3 is 0 Å². The van der Waals surface area contributed by atoms with Gasteiger partial charge in [-0.05, 0) is 108 Å². The molecule has 0 saturated heterocycles. The zero-order valence-corrected chi connectivity index (χ0v) is 30.2. The molecule has 0 unspecified atom stereocenters. The minimum atomic E-state index is 1.12. The molecule has 1 aromatic heterocycles. The third-order valence-corrected chi connectivity index (χ3v) is 12.2. The van der Waals surface area contributed by atoms with Crippen molar-refractivity contribution in [1.82, 2.24) is 0 Å². The van der Waals surface area contributed by atoms with Crippen LogP contribution in [0.4, 0.5) is 17.1 Å². The van der Waals surface area contributed by atoms with Crippen LogP contribution in [0.2, 0.25) is 0 Å². The number of nitrogens with zero attached hydrogens (tertiary/aromatic N) is 1. The Kier molecular flexibility index (Phi) is 7.11. The summed E-state index contributed by atoms with van der Waals surface area (Å²) in [6.45, 7) is 0. The average Bonchev–Trinajstić information content (AvgIpc) is 3.63. The molecule has 0 spiro atoms. The lowest BCUT2D eigenvalue weighted by Crippen LogP contribution is -2.09. The Hall–Kier alpha value is -6.74. The summed E-state index contributed by atoms with van der Waals surface area (Å²) in [6, 6.07) is 73.4. The fourth-order valence-corrected chi connectivity index (χ4v) is 9.65. The fraction of sp³-hybridized carbons (Fsp3) is 0. The molecule has 0 bridgehead atoms. The summed E-state index contributed by atoms with van der Waals surface area (Å²) >= 11 is 1.89. The lowest BCUT2D eigenvalue weighted by atomic mass is 9.90. The van der Waals surface area contributed by atoms with Gasteiger partial charge in [0.25, 0.3) is 0 Å². The quantitative estimate of drug-likeness (QED) is 0.161. The van der Waals surface area contributed by atoms with Crippen LogP contribution in [0.25, 0.3) is 85.5 Å². The molecule has 0 saturated carbocycles. The number of thiophene rings is 1. The van der Waals surface area contributed by atoms with E-state index in [2.05, 4.69) is 205 Å². The van der Waals surface area contributed by atoms with E-state index in [4.69, 9.17) is 0 Å². The van der Waals surface area contributed by atoms with Gasteiger partial charge in [0.05, 0.1) is 0 Å². The van der Waals surface area contributed by atoms with Crippen LogP contribution in [0.1, 0.15) is 0 Å². The molecule has 0 N–H and O–H groups in total. The first-order valence-electron chi connectivity index (χ1n) is 18.5. The molecular formula is C52H33NS. The minimum Gasteiger partial charge on any atom is -0.310 e. The Morgan fingerprint density at radius 1 is 0.315 bits per heavy atom.